The van der Waals surface area contributed by atoms with Crippen LogP contribution in [0.15, 0.2) is 47.6 Å². The third-order valence-corrected chi connectivity index (χ3v) is 3.59. The molecule has 0 bridgehead atoms. The Hall–Kier alpha value is -2.19. The van der Waals surface area contributed by atoms with Crippen molar-refractivity contribution in [1.82, 2.24) is 15.8 Å². The molecule has 0 aliphatic carbocycles. The van der Waals surface area contributed by atoms with Gasteiger partial charge >= 0.3 is 0 Å². The van der Waals surface area contributed by atoms with E-state index in [0.717, 1.165) is 0 Å². The highest BCUT2D eigenvalue weighted by Gasteiger charge is 2.17. The van der Waals surface area contributed by atoms with Crippen molar-refractivity contribution in [2.45, 2.75) is 10.8 Å². The molecule has 0 unspecified atom stereocenters. The van der Waals surface area contributed by atoms with E-state index in [4.69, 9.17) is 11.6 Å². The second kappa shape index (κ2) is 7.89. The highest BCUT2D eigenvalue weighted by Crippen LogP contribution is 2.26. The minimum absolute atomic E-state index is 0.0609. The molecule has 1 aromatic carbocycles. The monoisotopic (exact) mass is 357 g/mol. The third-order valence-electron chi connectivity index (χ3n) is 2.61. The second-order valence-corrected chi connectivity index (χ2v) is 5.56. The fraction of sp³-hybridized carbons (Fsp3) is 0.0714. The molecule has 1 aromatic heterocycles. The van der Waals surface area contributed by atoms with Crippen LogP contribution in [0.4, 0.5) is 8.78 Å². The molecule has 0 fully saturated rings. The zero-order valence-electron chi connectivity index (χ0n) is 11.4. The molecule has 120 valence electrons. The van der Waals surface area contributed by atoms with Crippen LogP contribution in [-0.2, 0) is 0 Å². The average molecular weight is 358 g/mol. The Balaban J connectivity index is 2.02. The lowest BCUT2D eigenvalue weighted by atomic mass is 10.2. The van der Waals surface area contributed by atoms with Crippen molar-refractivity contribution in [3.05, 3.63) is 58.7 Å². The molecule has 0 atom stereocenters. The summed E-state index contributed by atoms with van der Waals surface area (Å²) in [6, 6.07) is 8.78. The summed E-state index contributed by atoms with van der Waals surface area (Å²) in [5.74, 6) is -4.02. The number of halogens is 3. The fourth-order valence-corrected chi connectivity index (χ4v) is 2.30. The van der Waals surface area contributed by atoms with Crippen LogP contribution in [0.25, 0.3) is 0 Å². The number of hydrazine groups is 1. The number of rotatable bonds is 4. The molecule has 2 rings (SSSR count). The molecule has 0 saturated heterocycles. The molecule has 0 radical (unpaired) electrons. The van der Waals surface area contributed by atoms with Crippen LogP contribution in [0, 0.1) is 0 Å². The van der Waals surface area contributed by atoms with Gasteiger partial charge in [-0.1, -0.05) is 11.6 Å². The van der Waals surface area contributed by atoms with Crippen LogP contribution < -0.4 is 10.9 Å². The first-order chi connectivity index (χ1) is 11.0. The maximum Gasteiger partial charge on any atom is 0.290 e. The van der Waals surface area contributed by atoms with Crippen LogP contribution >= 0.6 is 23.4 Å². The quantitative estimate of drug-likeness (QED) is 0.651. The molecule has 9 heteroatoms. The van der Waals surface area contributed by atoms with Crippen LogP contribution in [0.2, 0.25) is 5.02 Å². The van der Waals surface area contributed by atoms with Crippen LogP contribution in [0.1, 0.15) is 20.7 Å². The van der Waals surface area contributed by atoms with Crippen LogP contribution in [0.3, 0.4) is 0 Å². The number of carbonyl (C=O) groups excluding carboxylic acids is 2. The van der Waals surface area contributed by atoms with Crippen molar-refractivity contribution in [3.8, 4) is 0 Å². The average Bonchev–Trinajstić information content (AvgIpc) is 2.53. The first kappa shape index (κ1) is 17.2. The van der Waals surface area contributed by atoms with Gasteiger partial charge in [0.2, 0.25) is 0 Å². The number of pyridine rings is 1. The van der Waals surface area contributed by atoms with Gasteiger partial charge in [0.25, 0.3) is 17.6 Å². The summed E-state index contributed by atoms with van der Waals surface area (Å²) in [5.41, 5.74) is 4.57. The van der Waals surface area contributed by atoms with E-state index in [2.05, 4.69) is 15.8 Å². The Bertz CT molecular complexity index is 713. The molecule has 2 N–H and O–H groups in total. The minimum atomic E-state index is -2.71. The summed E-state index contributed by atoms with van der Waals surface area (Å²) in [7, 11) is 0. The summed E-state index contributed by atoms with van der Waals surface area (Å²) in [6.07, 6.45) is 1.30. The van der Waals surface area contributed by atoms with Crippen LogP contribution in [0.5, 0.6) is 0 Å². The Kier molecular flexibility index (Phi) is 5.89. The SMILES string of the molecule is O=C(NNC(=O)c1cccnc1SC(F)F)c1ccc(Cl)cc1. The van der Waals surface area contributed by atoms with Gasteiger partial charge in [-0.3, -0.25) is 20.4 Å². The van der Waals surface area contributed by atoms with Crippen molar-refractivity contribution in [3.63, 3.8) is 0 Å². The van der Waals surface area contributed by atoms with Crippen molar-refractivity contribution < 1.29 is 18.4 Å². The van der Waals surface area contributed by atoms with E-state index < -0.39 is 17.6 Å². The first-order valence-electron chi connectivity index (χ1n) is 6.23. The zero-order chi connectivity index (χ0) is 16.8. The molecule has 0 saturated carbocycles. The van der Waals surface area contributed by atoms with Crippen molar-refractivity contribution in [2.75, 3.05) is 0 Å². The lowest BCUT2D eigenvalue weighted by Crippen LogP contribution is -2.41. The Labute approximate surface area is 139 Å². The Morgan fingerprint density at radius 2 is 1.74 bits per heavy atom. The number of benzene rings is 1. The number of alkyl halides is 2. The summed E-state index contributed by atoms with van der Waals surface area (Å²) >= 11 is 5.86. The number of thioether (sulfide) groups is 1. The number of hydrogen-bond acceptors (Lipinski definition) is 4. The van der Waals surface area contributed by atoms with Crippen LogP contribution in [-0.4, -0.2) is 22.6 Å². The van der Waals surface area contributed by atoms with Gasteiger partial charge in [0.15, 0.2) is 0 Å². The lowest BCUT2D eigenvalue weighted by Gasteiger charge is -2.10. The number of hydrogen-bond donors (Lipinski definition) is 2. The topological polar surface area (TPSA) is 71.1 Å². The highest BCUT2D eigenvalue weighted by molar-refractivity contribution is 7.99. The zero-order valence-corrected chi connectivity index (χ0v) is 13.0. The molecule has 0 aliphatic heterocycles. The van der Waals surface area contributed by atoms with Gasteiger partial charge in [0, 0.05) is 16.8 Å². The number of amides is 2. The summed E-state index contributed by atoms with van der Waals surface area (Å²) < 4.78 is 24.9. The predicted octanol–water partition coefficient (Wildman–Crippen LogP) is 3.12. The molecule has 0 spiro atoms. The van der Waals surface area contributed by atoms with Gasteiger partial charge in [-0.05, 0) is 48.2 Å². The molecular formula is C14H10ClF2N3O2S. The van der Waals surface area contributed by atoms with Gasteiger partial charge in [-0.15, -0.1) is 0 Å². The van der Waals surface area contributed by atoms with Crippen molar-refractivity contribution >= 4 is 35.2 Å². The first-order valence-corrected chi connectivity index (χ1v) is 7.49. The maximum atomic E-state index is 12.4. The molecular weight excluding hydrogens is 348 g/mol. The van der Waals surface area contributed by atoms with Gasteiger partial charge in [-0.25, -0.2) is 4.98 Å². The highest BCUT2D eigenvalue weighted by atomic mass is 35.5. The predicted molar refractivity (Wildman–Crippen MR) is 82.5 cm³/mol. The summed E-state index contributed by atoms with van der Waals surface area (Å²) in [5, 5.41) is 0.343. The van der Waals surface area contributed by atoms with E-state index in [0.29, 0.717) is 5.02 Å². The number of aromatic nitrogens is 1. The molecule has 5 nitrogen and oxygen atoms in total. The lowest BCUT2D eigenvalue weighted by molar-refractivity contribution is 0.0844. The Morgan fingerprint density at radius 3 is 2.39 bits per heavy atom. The summed E-state index contributed by atoms with van der Waals surface area (Å²) in [6.45, 7) is 0. The van der Waals surface area contributed by atoms with E-state index in [1.807, 2.05) is 0 Å². The van der Waals surface area contributed by atoms with Crippen molar-refractivity contribution in [1.29, 1.82) is 0 Å². The van der Waals surface area contributed by atoms with Gasteiger partial charge < -0.3 is 0 Å². The number of carbonyl (C=O) groups is 2. The number of nitrogens with zero attached hydrogens (tertiary/aromatic N) is 1. The van der Waals surface area contributed by atoms with E-state index in [1.54, 1.807) is 0 Å². The van der Waals surface area contributed by atoms with Gasteiger partial charge in [0.05, 0.1) is 5.56 Å². The Morgan fingerprint density at radius 1 is 1.09 bits per heavy atom. The molecule has 23 heavy (non-hydrogen) atoms. The molecule has 1 heterocycles. The minimum Gasteiger partial charge on any atom is -0.267 e. The van der Waals surface area contributed by atoms with Gasteiger partial charge in [0.1, 0.15) is 5.03 Å². The third kappa shape index (κ3) is 4.90. The smallest absolute Gasteiger partial charge is 0.267 e. The molecule has 0 aliphatic rings. The van der Waals surface area contributed by atoms with E-state index >= 15 is 0 Å². The summed E-state index contributed by atoms with van der Waals surface area (Å²) in [4.78, 5) is 27.6. The standard InChI is InChI=1S/C14H10ClF2N3O2S/c15-9-5-3-8(4-6-9)11(21)19-20-12(22)10-2-1-7-18-13(10)23-14(16)17/h1-7,14H,(H,19,21)(H,20,22). The van der Waals surface area contributed by atoms with E-state index in [-0.39, 0.29) is 27.9 Å². The fourth-order valence-electron chi connectivity index (χ4n) is 1.60. The second-order valence-electron chi connectivity index (χ2n) is 4.15. The maximum absolute atomic E-state index is 12.4. The molecule has 2 aromatic rings. The number of nitrogens with one attached hydrogen (secondary N) is 2. The normalized spacial score (nSPS) is 10.4. The van der Waals surface area contributed by atoms with E-state index in [1.165, 1.54) is 42.6 Å². The van der Waals surface area contributed by atoms with Crippen molar-refractivity contribution in [2.24, 2.45) is 0 Å². The molecule has 2 amide bonds. The largest absolute Gasteiger partial charge is 0.290 e. The van der Waals surface area contributed by atoms with Gasteiger partial charge in [-0.2, -0.15) is 8.78 Å². The van der Waals surface area contributed by atoms with E-state index in [9.17, 15) is 18.4 Å².